The second-order valence-electron chi connectivity index (χ2n) is 1.70. The number of nitrogens with zero attached hydrogens (tertiary/aromatic N) is 1. The van der Waals surface area contributed by atoms with E-state index >= 15 is 0 Å². The first-order valence-corrected chi connectivity index (χ1v) is 4.10. The van der Waals surface area contributed by atoms with E-state index in [4.69, 9.17) is 4.42 Å². The third-order valence-electron chi connectivity index (χ3n) is 0.954. The van der Waals surface area contributed by atoms with Crippen LogP contribution in [0.25, 0.3) is 0 Å². The molecule has 60 valence electrons. The molecule has 1 heterocycles. The van der Waals surface area contributed by atoms with Crippen molar-refractivity contribution in [1.29, 1.82) is 0 Å². The zero-order valence-electron chi connectivity index (χ0n) is 5.83. The van der Waals surface area contributed by atoms with E-state index in [0.29, 0.717) is 10.5 Å². The monoisotopic (exact) mass is 267 g/mol. The number of esters is 1. The maximum absolute atomic E-state index is 10.9. The Morgan fingerprint density at radius 3 is 3.09 bits per heavy atom. The summed E-state index contributed by atoms with van der Waals surface area (Å²) < 4.78 is 10.00. The van der Waals surface area contributed by atoms with E-state index < -0.39 is 5.97 Å². The minimum atomic E-state index is -0.470. The molecule has 0 radical (unpaired) electrons. The number of ether oxygens (including phenoxy) is 1. The molecule has 0 spiro atoms. The van der Waals surface area contributed by atoms with Crippen LogP contribution in [-0.4, -0.2) is 17.6 Å². The van der Waals surface area contributed by atoms with Crippen LogP contribution in [-0.2, 0) is 4.74 Å². The van der Waals surface area contributed by atoms with Gasteiger partial charge in [0.05, 0.1) is 12.8 Å². The van der Waals surface area contributed by atoms with Gasteiger partial charge in [0.15, 0.2) is 0 Å². The predicted octanol–water partition coefficient (Wildman–Crippen LogP) is 1.46. The van der Waals surface area contributed by atoms with E-state index in [1.54, 1.807) is 6.92 Å². The Labute approximate surface area is 77.1 Å². The fourth-order valence-corrected chi connectivity index (χ4v) is 0.926. The van der Waals surface area contributed by atoms with Crippen molar-refractivity contribution >= 4 is 28.6 Å². The quantitative estimate of drug-likeness (QED) is 0.601. The van der Waals surface area contributed by atoms with Gasteiger partial charge in [-0.1, -0.05) is 0 Å². The number of hydrogen-bond acceptors (Lipinski definition) is 4. The number of halogens is 1. The van der Waals surface area contributed by atoms with Crippen molar-refractivity contribution in [3.8, 4) is 0 Å². The summed E-state index contributed by atoms with van der Waals surface area (Å²) in [6.45, 7) is 2.08. The van der Waals surface area contributed by atoms with Crippen molar-refractivity contribution in [3.05, 3.63) is 15.9 Å². The summed E-state index contributed by atoms with van der Waals surface area (Å²) in [4.78, 5) is 14.6. The van der Waals surface area contributed by atoms with Gasteiger partial charge in [0.25, 0.3) is 3.90 Å². The number of oxazole rings is 1. The summed E-state index contributed by atoms with van der Waals surface area (Å²) in [5.41, 5.74) is 0. The fraction of sp³-hybridized carbons (Fsp3) is 0.333. The second kappa shape index (κ2) is 3.70. The van der Waals surface area contributed by atoms with Crippen molar-refractivity contribution in [2.45, 2.75) is 6.92 Å². The Morgan fingerprint density at radius 2 is 2.64 bits per heavy atom. The van der Waals surface area contributed by atoms with Crippen LogP contribution in [0, 0.1) is 3.90 Å². The molecule has 0 N–H and O–H groups in total. The van der Waals surface area contributed by atoms with Crippen LogP contribution in [0.4, 0.5) is 0 Å². The van der Waals surface area contributed by atoms with Crippen LogP contribution in [0.5, 0.6) is 0 Å². The number of rotatable bonds is 2. The zero-order valence-corrected chi connectivity index (χ0v) is 7.99. The molecule has 0 aliphatic heterocycles. The maximum Gasteiger partial charge on any atom is 0.375 e. The standard InChI is InChI=1S/C6H6INO3/c1-2-10-5(9)4-3-8-6(7)11-4/h3H,2H2,1H3. The first kappa shape index (κ1) is 8.51. The van der Waals surface area contributed by atoms with E-state index in [9.17, 15) is 4.79 Å². The van der Waals surface area contributed by atoms with Crippen LogP contribution < -0.4 is 0 Å². The summed E-state index contributed by atoms with van der Waals surface area (Å²) in [5.74, 6) is -0.320. The number of hydrogen-bond donors (Lipinski definition) is 0. The molecule has 0 atom stereocenters. The highest BCUT2D eigenvalue weighted by atomic mass is 127. The largest absolute Gasteiger partial charge is 0.460 e. The highest BCUT2D eigenvalue weighted by Crippen LogP contribution is 2.06. The lowest BCUT2D eigenvalue weighted by atomic mass is 10.5. The predicted molar refractivity (Wildman–Crippen MR) is 45.2 cm³/mol. The van der Waals surface area contributed by atoms with Gasteiger partial charge in [-0.25, -0.2) is 9.78 Å². The molecule has 0 unspecified atom stereocenters. The van der Waals surface area contributed by atoms with Gasteiger partial charge in [0.2, 0.25) is 5.76 Å². The summed E-state index contributed by atoms with van der Waals surface area (Å²) in [7, 11) is 0. The molecule has 4 nitrogen and oxygen atoms in total. The third kappa shape index (κ3) is 2.18. The SMILES string of the molecule is CCOC(=O)c1cnc(I)o1. The molecular weight excluding hydrogens is 261 g/mol. The van der Waals surface area contributed by atoms with Crippen molar-refractivity contribution in [2.75, 3.05) is 6.61 Å². The van der Waals surface area contributed by atoms with Crippen LogP contribution in [0.2, 0.25) is 0 Å². The van der Waals surface area contributed by atoms with Crippen LogP contribution in [0.15, 0.2) is 10.6 Å². The fourth-order valence-electron chi connectivity index (χ4n) is 0.549. The maximum atomic E-state index is 10.9. The highest BCUT2D eigenvalue weighted by molar-refractivity contribution is 14.1. The first-order valence-electron chi connectivity index (χ1n) is 3.02. The minimum Gasteiger partial charge on any atom is -0.460 e. The lowest BCUT2D eigenvalue weighted by Gasteiger charge is -1.94. The molecule has 5 heteroatoms. The van der Waals surface area contributed by atoms with Crippen molar-refractivity contribution in [2.24, 2.45) is 0 Å². The smallest absolute Gasteiger partial charge is 0.375 e. The summed E-state index contributed by atoms with van der Waals surface area (Å²) in [5, 5.41) is 0. The Balaban J connectivity index is 2.69. The second-order valence-corrected chi connectivity index (χ2v) is 2.62. The van der Waals surface area contributed by atoms with Gasteiger partial charge in [0, 0.05) is 22.6 Å². The molecule has 1 aromatic heterocycles. The molecule has 0 aliphatic carbocycles. The Bertz CT molecular complexity index is 258. The highest BCUT2D eigenvalue weighted by Gasteiger charge is 2.11. The topological polar surface area (TPSA) is 52.3 Å². The Hall–Kier alpha value is -0.590. The molecule has 0 aliphatic rings. The molecule has 11 heavy (non-hydrogen) atoms. The van der Waals surface area contributed by atoms with Gasteiger partial charge in [-0.2, -0.15) is 0 Å². The van der Waals surface area contributed by atoms with E-state index in [2.05, 4.69) is 9.72 Å². The zero-order chi connectivity index (χ0) is 8.27. The first-order chi connectivity index (χ1) is 5.24. The van der Waals surface area contributed by atoms with Gasteiger partial charge in [-0.05, 0) is 6.92 Å². The molecular formula is C6H6INO3. The van der Waals surface area contributed by atoms with Crippen molar-refractivity contribution < 1.29 is 13.9 Å². The van der Waals surface area contributed by atoms with Gasteiger partial charge >= 0.3 is 5.97 Å². The minimum absolute atomic E-state index is 0.149. The Morgan fingerprint density at radius 1 is 1.91 bits per heavy atom. The van der Waals surface area contributed by atoms with Crippen molar-refractivity contribution in [3.63, 3.8) is 0 Å². The van der Waals surface area contributed by atoms with Gasteiger partial charge < -0.3 is 9.15 Å². The number of carbonyl (C=O) groups is 1. The summed E-state index contributed by atoms with van der Waals surface area (Å²) in [6, 6.07) is 0. The van der Waals surface area contributed by atoms with E-state index in [-0.39, 0.29) is 5.76 Å². The van der Waals surface area contributed by atoms with Gasteiger partial charge in [-0.3, -0.25) is 0 Å². The van der Waals surface area contributed by atoms with E-state index in [1.165, 1.54) is 6.20 Å². The molecule has 1 rings (SSSR count). The van der Waals surface area contributed by atoms with E-state index in [1.807, 2.05) is 22.6 Å². The molecule has 0 aromatic carbocycles. The molecule has 1 aromatic rings. The van der Waals surface area contributed by atoms with Crippen molar-refractivity contribution in [1.82, 2.24) is 4.98 Å². The number of carbonyl (C=O) groups excluding carboxylic acids is 1. The average molecular weight is 267 g/mol. The molecule has 0 saturated carbocycles. The number of aromatic nitrogens is 1. The third-order valence-corrected chi connectivity index (χ3v) is 1.45. The normalized spacial score (nSPS) is 9.64. The molecule has 0 fully saturated rings. The van der Waals surface area contributed by atoms with Crippen LogP contribution in [0.3, 0.4) is 0 Å². The summed E-state index contributed by atoms with van der Waals surface area (Å²) >= 11 is 1.88. The lowest BCUT2D eigenvalue weighted by Crippen LogP contribution is -2.02. The lowest BCUT2D eigenvalue weighted by molar-refractivity contribution is 0.0488. The summed E-state index contributed by atoms with van der Waals surface area (Å²) in [6.07, 6.45) is 1.35. The van der Waals surface area contributed by atoms with Gasteiger partial charge in [-0.15, -0.1) is 0 Å². The molecule has 0 bridgehead atoms. The Kier molecular flexibility index (Phi) is 2.86. The molecule has 0 amide bonds. The van der Waals surface area contributed by atoms with Gasteiger partial charge in [0.1, 0.15) is 0 Å². The van der Waals surface area contributed by atoms with Crippen LogP contribution in [0.1, 0.15) is 17.5 Å². The molecule has 0 saturated heterocycles. The van der Waals surface area contributed by atoms with Crippen LogP contribution >= 0.6 is 22.6 Å². The van der Waals surface area contributed by atoms with E-state index in [0.717, 1.165) is 0 Å². The average Bonchev–Trinajstić information content (AvgIpc) is 2.36.